The maximum absolute atomic E-state index is 12.1. The highest BCUT2D eigenvalue weighted by molar-refractivity contribution is 6.29. The van der Waals surface area contributed by atoms with E-state index in [-0.39, 0.29) is 23.6 Å². The van der Waals surface area contributed by atoms with Crippen molar-refractivity contribution < 1.29 is 9.32 Å². The third-order valence-electron chi connectivity index (χ3n) is 5.10. The van der Waals surface area contributed by atoms with Gasteiger partial charge in [0.25, 0.3) is 0 Å². The predicted molar refractivity (Wildman–Crippen MR) is 76.5 cm³/mol. The predicted octanol–water partition coefficient (Wildman–Crippen LogP) is 3.12. The summed E-state index contributed by atoms with van der Waals surface area (Å²) in [6.45, 7) is 3.93. The van der Waals surface area contributed by atoms with E-state index in [2.05, 4.69) is 17.4 Å². The molecule has 1 amide bonds. The summed E-state index contributed by atoms with van der Waals surface area (Å²) in [7, 11) is 0. The number of hydrogen-bond donors (Lipinski definition) is 1. The van der Waals surface area contributed by atoms with Crippen LogP contribution in [0.25, 0.3) is 0 Å². The van der Waals surface area contributed by atoms with Crippen LogP contribution in [-0.4, -0.2) is 17.1 Å². The number of carbonyl (C=O) groups is 1. The SMILES string of the molecule is Cc1noc(Cl)c1CC(=O)NC(C)C1CC2CCC1C2. The van der Waals surface area contributed by atoms with Gasteiger partial charge in [0.1, 0.15) is 0 Å². The van der Waals surface area contributed by atoms with Crippen molar-refractivity contribution in [2.75, 3.05) is 0 Å². The van der Waals surface area contributed by atoms with E-state index in [0.717, 1.165) is 11.8 Å². The molecular formula is C15H21ClN2O2. The number of rotatable bonds is 4. The van der Waals surface area contributed by atoms with Gasteiger partial charge in [-0.05, 0) is 62.5 Å². The lowest BCUT2D eigenvalue weighted by molar-refractivity contribution is -0.121. The molecule has 4 atom stereocenters. The second-order valence-corrected chi connectivity index (χ2v) is 6.74. The molecule has 2 saturated carbocycles. The zero-order chi connectivity index (χ0) is 14.3. The highest BCUT2D eigenvalue weighted by Crippen LogP contribution is 2.49. The minimum absolute atomic E-state index is 0.00785. The van der Waals surface area contributed by atoms with Crippen LogP contribution in [0.1, 0.15) is 43.9 Å². The van der Waals surface area contributed by atoms with Gasteiger partial charge in [-0.15, -0.1) is 0 Å². The van der Waals surface area contributed by atoms with Crippen LogP contribution < -0.4 is 5.32 Å². The zero-order valence-corrected chi connectivity index (χ0v) is 12.7. The Hall–Kier alpha value is -1.03. The first-order valence-corrected chi connectivity index (χ1v) is 7.82. The summed E-state index contributed by atoms with van der Waals surface area (Å²) < 4.78 is 4.88. The quantitative estimate of drug-likeness (QED) is 0.929. The molecule has 1 aromatic rings. The summed E-state index contributed by atoms with van der Waals surface area (Å²) in [5.74, 6) is 2.38. The molecule has 2 aliphatic carbocycles. The zero-order valence-electron chi connectivity index (χ0n) is 12.0. The smallest absolute Gasteiger partial charge is 0.229 e. The van der Waals surface area contributed by atoms with E-state index in [1.54, 1.807) is 6.92 Å². The molecule has 0 aliphatic heterocycles. The lowest BCUT2D eigenvalue weighted by Gasteiger charge is -2.28. The second kappa shape index (κ2) is 5.40. The van der Waals surface area contributed by atoms with Gasteiger partial charge in [-0.25, -0.2) is 0 Å². The summed E-state index contributed by atoms with van der Waals surface area (Å²) in [6, 6.07) is 0.247. The Labute approximate surface area is 124 Å². The number of hydrogen-bond acceptors (Lipinski definition) is 3. The summed E-state index contributed by atoms with van der Waals surface area (Å²) in [5.41, 5.74) is 1.39. The van der Waals surface area contributed by atoms with Crippen molar-refractivity contribution in [1.82, 2.24) is 10.5 Å². The van der Waals surface area contributed by atoms with Crippen molar-refractivity contribution in [2.45, 2.75) is 52.0 Å². The Kier molecular flexibility index (Phi) is 3.76. The molecule has 110 valence electrons. The summed E-state index contributed by atoms with van der Waals surface area (Å²) >= 11 is 5.90. The van der Waals surface area contributed by atoms with E-state index < -0.39 is 0 Å². The number of aromatic nitrogens is 1. The van der Waals surface area contributed by atoms with Crippen LogP contribution in [0.2, 0.25) is 5.22 Å². The molecule has 2 bridgehead atoms. The maximum Gasteiger partial charge on any atom is 0.229 e. The van der Waals surface area contributed by atoms with Gasteiger partial charge >= 0.3 is 0 Å². The Morgan fingerprint density at radius 2 is 2.30 bits per heavy atom. The fraction of sp³-hybridized carbons (Fsp3) is 0.733. The van der Waals surface area contributed by atoms with Crippen molar-refractivity contribution in [2.24, 2.45) is 17.8 Å². The molecule has 5 heteroatoms. The van der Waals surface area contributed by atoms with Gasteiger partial charge in [-0.1, -0.05) is 11.6 Å². The fourth-order valence-electron chi connectivity index (χ4n) is 4.04. The van der Waals surface area contributed by atoms with Gasteiger partial charge < -0.3 is 9.84 Å². The van der Waals surface area contributed by atoms with Gasteiger partial charge in [0.2, 0.25) is 11.1 Å². The third-order valence-corrected chi connectivity index (χ3v) is 5.39. The van der Waals surface area contributed by atoms with Crippen LogP contribution in [0.15, 0.2) is 4.52 Å². The van der Waals surface area contributed by atoms with Crippen molar-refractivity contribution >= 4 is 17.5 Å². The van der Waals surface area contributed by atoms with Gasteiger partial charge in [-0.2, -0.15) is 0 Å². The van der Waals surface area contributed by atoms with Crippen molar-refractivity contribution in [3.63, 3.8) is 0 Å². The molecule has 0 saturated heterocycles. The second-order valence-electron chi connectivity index (χ2n) is 6.39. The van der Waals surface area contributed by atoms with E-state index in [4.69, 9.17) is 16.1 Å². The van der Waals surface area contributed by atoms with Gasteiger partial charge in [-0.3, -0.25) is 4.79 Å². The molecule has 2 aliphatic rings. The highest BCUT2D eigenvalue weighted by Gasteiger charge is 2.42. The van der Waals surface area contributed by atoms with Crippen LogP contribution in [0.5, 0.6) is 0 Å². The number of fused-ring (bicyclic) bond motifs is 2. The lowest BCUT2D eigenvalue weighted by Crippen LogP contribution is -2.40. The summed E-state index contributed by atoms with van der Waals surface area (Å²) in [5, 5.41) is 7.13. The molecule has 2 fully saturated rings. The fourth-order valence-corrected chi connectivity index (χ4v) is 4.28. The van der Waals surface area contributed by atoms with E-state index >= 15 is 0 Å². The molecule has 1 N–H and O–H groups in total. The van der Waals surface area contributed by atoms with E-state index in [0.29, 0.717) is 17.2 Å². The minimum atomic E-state index is 0.00785. The van der Waals surface area contributed by atoms with Gasteiger partial charge in [0, 0.05) is 11.6 Å². The Bertz CT molecular complexity index is 494. The van der Waals surface area contributed by atoms with Gasteiger partial charge in [0.05, 0.1) is 12.1 Å². The van der Waals surface area contributed by atoms with Crippen LogP contribution in [0, 0.1) is 24.7 Å². The molecule has 20 heavy (non-hydrogen) atoms. The number of amides is 1. The van der Waals surface area contributed by atoms with Crippen LogP contribution in [0.3, 0.4) is 0 Å². The molecule has 0 aromatic carbocycles. The van der Waals surface area contributed by atoms with Crippen molar-refractivity contribution in [3.05, 3.63) is 16.5 Å². The van der Waals surface area contributed by atoms with Crippen LogP contribution in [-0.2, 0) is 11.2 Å². The maximum atomic E-state index is 12.1. The topological polar surface area (TPSA) is 55.1 Å². The normalized spacial score (nSPS) is 29.6. The molecule has 0 radical (unpaired) electrons. The van der Waals surface area contributed by atoms with Gasteiger partial charge in [0.15, 0.2) is 0 Å². The first-order valence-electron chi connectivity index (χ1n) is 7.44. The molecule has 4 nitrogen and oxygen atoms in total. The monoisotopic (exact) mass is 296 g/mol. The average Bonchev–Trinajstić information content (AvgIpc) is 3.10. The lowest BCUT2D eigenvalue weighted by atomic mass is 9.84. The van der Waals surface area contributed by atoms with E-state index in [1.165, 1.54) is 25.7 Å². The molecule has 1 heterocycles. The number of carbonyl (C=O) groups excluding carboxylic acids is 1. The van der Waals surface area contributed by atoms with E-state index in [9.17, 15) is 4.79 Å². The summed E-state index contributed by atoms with van der Waals surface area (Å²) in [6.07, 6.45) is 5.61. The molecule has 4 unspecified atom stereocenters. The largest absolute Gasteiger partial charge is 0.353 e. The number of nitrogens with zero attached hydrogens (tertiary/aromatic N) is 1. The molecular weight excluding hydrogens is 276 g/mol. The van der Waals surface area contributed by atoms with E-state index in [1.807, 2.05) is 0 Å². The Balaban J connectivity index is 1.56. The van der Waals surface area contributed by atoms with Crippen LogP contribution in [0.4, 0.5) is 0 Å². The standard InChI is InChI=1S/C15H21ClN2O2/c1-8(12-6-10-3-4-11(12)5-10)17-14(19)7-13-9(2)18-20-15(13)16/h8,10-12H,3-7H2,1-2H3,(H,17,19). The molecule has 0 spiro atoms. The number of halogens is 1. The Morgan fingerprint density at radius 3 is 2.85 bits per heavy atom. The first kappa shape index (κ1) is 13.9. The molecule has 3 rings (SSSR count). The summed E-state index contributed by atoms with van der Waals surface area (Å²) in [4.78, 5) is 12.1. The minimum Gasteiger partial charge on any atom is -0.353 e. The third kappa shape index (κ3) is 2.58. The first-order chi connectivity index (χ1) is 9.54. The average molecular weight is 297 g/mol. The van der Waals surface area contributed by atoms with Crippen molar-refractivity contribution in [1.29, 1.82) is 0 Å². The highest BCUT2D eigenvalue weighted by atomic mass is 35.5. The number of nitrogens with one attached hydrogen (secondary N) is 1. The van der Waals surface area contributed by atoms with Crippen molar-refractivity contribution in [3.8, 4) is 0 Å². The number of aryl methyl sites for hydroxylation is 1. The Morgan fingerprint density at radius 1 is 1.50 bits per heavy atom. The van der Waals surface area contributed by atoms with Crippen LogP contribution >= 0.6 is 11.6 Å². The molecule has 1 aromatic heterocycles.